The molecule has 2 heterocycles. The third-order valence-electron chi connectivity index (χ3n) is 5.01. The lowest BCUT2D eigenvalue weighted by Crippen LogP contribution is -2.28. The number of amides is 1. The van der Waals surface area contributed by atoms with Crippen LogP contribution in [0.15, 0.2) is 59.8 Å². The molecule has 0 aliphatic rings. The molecule has 34 heavy (non-hydrogen) atoms. The van der Waals surface area contributed by atoms with Gasteiger partial charge in [-0.2, -0.15) is 18.3 Å². The minimum atomic E-state index is -4.50. The van der Waals surface area contributed by atoms with E-state index in [9.17, 15) is 31.5 Å². The molecule has 0 spiro atoms. The number of hydrogen-bond donors (Lipinski definition) is 1. The van der Waals surface area contributed by atoms with E-state index in [1.165, 1.54) is 33.9 Å². The second-order valence-corrected chi connectivity index (χ2v) is 7.36. The van der Waals surface area contributed by atoms with Crippen LogP contribution in [0.5, 0.6) is 0 Å². The van der Waals surface area contributed by atoms with E-state index in [2.05, 4.69) is 15.4 Å². The van der Waals surface area contributed by atoms with Gasteiger partial charge < -0.3 is 5.32 Å². The van der Waals surface area contributed by atoms with E-state index in [4.69, 9.17) is 0 Å². The van der Waals surface area contributed by atoms with Gasteiger partial charge in [0.1, 0.15) is 23.3 Å². The van der Waals surface area contributed by atoms with Crippen LogP contribution in [0, 0.1) is 11.6 Å². The van der Waals surface area contributed by atoms with Crippen LogP contribution in [-0.4, -0.2) is 31.8 Å². The highest BCUT2D eigenvalue weighted by Crippen LogP contribution is 2.29. The van der Waals surface area contributed by atoms with Gasteiger partial charge in [0.05, 0.1) is 30.4 Å². The normalized spacial score (nSPS) is 11.7. The summed E-state index contributed by atoms with van der Waals surface area (Å²) in [6.07, 6.45) is -2.02. The zero-order chi connectivity index (χ0) is 24.5. The molecule has 0 bridgehead atoms. The van der Waals surface area contributed by atoms with E-state index in [1.807, 2.05) is 0 Å². The van der Waals surface area contributed by atoms with Crippen LogP contribution in [0.1, 0.15) is 21.5 Å². The average molecular weight is 477 g/mol. The fraction of sp³-hybridized carbons (Fsp3) is 0.182. The summed E-state index contributed by atoms with van der Waals surface area (Å²) in [5, 5.41) is 6.68. The zero-order valence-corrected chi connectivity index (χ0v) is 17.3. The van der Waals surface area contributed by atoms with Crippen molar-refractivity contribution in [2.75, 3.05) is 6.54 Å². The maximum Gasteiger partial charge on any atom is 0.416 e. The van der Waals surface area contributed by atoms with E-state index >= 15 is 0 Å². The highest BCUT2D eigenvalue weighted by Gasteiger charge is 2.30. The molecule has 4 rings (SSSR count). The van der Waals surface area contributed by atoms with Crippen LogP contribution in [0.4, 0.5) is 22.0 Å². The van der Waals surface area contributed by atoms with Gasteiger partial charge in [-0.1, -0.05) is 12.1 Å². The molecular formula is C22H16F5N5O2. The van der Waals surface area contributed by atoms with Crippen molar-refractivity contribution in [2.45, 2.75) is 19.3 Å². The minimum absolute atomic E-state index is 0.0153. The molecule has 0 aliphatic carbocycles. The zero-order valence-electron chi connectivity index (χ0n) is 17.3. The van der Waals surface area contributed by atoms with Gasteiger partial charge in [-0.3, -0.25) is 14.2 Å². The number of hydrogen-bond acceptors (Lipinski definition) is 4. The van der Waals surface area contributed by atoms with Gasteiger partial charge in [-0.15, -0.1) is 0 Å². The highest BCUT2D eigenvalue weighted by molar-refractivity contribution is 5.94. The first kappa shape index (κ1) is 23.1. The number of rotatable bonds is 6. The Labute approximate surface area is 188 Å². The summed E-state index contributed by atoms with van der Waals surface area (Å²) in [5.41, 5.74) is -1.13. The van der Waals surface area contributed by atoms with Crippen molar-refractivity contribution < 1.29 is 26.7 Å². The van der Waals surface area contributed by atoms with Crippen molar-refractivity contribution in [3.05, 3.63) is 93.7 Å². The largest absolute Gasteiger partial charge is 0.416 e. The van der Waals surface area contributed by atoms with Crippen LogP contribution in [0.3, 0.4) is 0 Å². The number of aromatic nitrogens is 4. The van der Waals surface area contributed by atoms with Crippen molar-refractivity contribution in [1.82, 2.24) is 24.6 Å². The second-order valence-electron chi connectivity index (χ2n) is 7.36. The fourth-order valence-corrected chi connectivity index (χ4v) is 3.36. The van der Waals surface area contributed by atoms with E-state index in [-0.39, 0.29) is 41.8 Å². The molecule has 0 aliphatic heterocycles. The molecular weight excluding hydrogens is 461 g/mol. The number of carbonyl (C=O) groups is 1. The van der Waals surface area contributed by atoms with E-state index in [0.717, 1.165) is 24.3 Å². The number of benzene rings is 2. The number of fused-ring (bicyclic) bond motifs is 1. The Balaban J connectivity index is 1.47. The third kappa shape index (κ3) is 4.80. The quantitative estimate of drug-likeness (QED) is 0.432. The molecule has 12 heteroatoms. The average Bonchev–Trinajstić information content (AvgIpc) is 3.19. The fourth-order valence-electron chi connectivity index (χ4n) is 3.36. The van der Waals surface area contributed by atoms with Crippen LogP contribution < -0.4 is 10.9 Å². The van der Waals surface area contributed by atoms with Gasteiger partial charge >= 0.3 is 6.18 Å². The van der Waals surface area contributed by atoms with E-state index < -0.39 is 34.8 Å². The standard InChI is InChI=1S/C22H16F5N5O2/c23-15-4-5-16(18(24)9-15)20(33)28-6-7-32-19-17(10-30-32)21(34)31(12-29-19)11-13-2-1-3-14(8-13)22(25,26)27/h1-5,8-10,12H,6-7,11H2,(H,28,33). The summed E-state index contributed by atoms with van der Waals surface area (Å²) in [5.74, 6) is -2.54. The van der Waals surface area contributed by atoms with Crippen molar-refractivity contribution in [3.8, 4) is 0 Å². The van der Waals surface area contributed by atoms with Crippen LogP contribution in [-0.2, 0) is 19.3 Å². The van der Waals surface area contributed by atoms with Gasteiger partial charge in [-0.05, 0) is 29.8 Å². The SMILES string of the molecule is O=C(NCCn1ncc2c(=O)n(Cc3cccc(C(F)(F)F)c3)cnc21)c1ccc(F)cc1F. The Morgan fingerprint density at radius 2 is 1.88 bits per heavy atom. The number of nitrogens with one attached hydrogen (secondary N) is 1. The predicted octanol–water partition coefficient (Wildman–Crippen LogP) is 3.37. The highest BCUT2D eigenvalue weighted by atomic mass is 19.4. The Morgan fingerprint density at radius 1 is 1.09 bits per heavy atom. The van der Waals surface area contributed by atoms with Crippen LogP contribution in [0.25, 0.3) is 11.0 Å². The Kier molecular flexibility index (Phi) is 6.14. The molecule has 0 atom stereocenters. The van der Waals surface area contributed by atoms with Crippen molar-refractivity contribution in [1.29, 1.82) is 0 Å². The molecule has 0 saturated carbocycles. The maximum atomic E-state index is 13.7. The molecule has 176 valence electrons. The van der Waals surface area contributed by atoms with Crippen LogP contribution in [0.2, 0.25) is 0 Å². The Hall–Kier alpha value is -4.09. The van der Waals surface area contributed by atoms with Gasteiger partial charge in [0.15, 0.2) is 5.65 Å². The molecule has 0 fully saturated rings. The second kappa shape index (κ2) is 9.04. The first-order valence-corrected chi connectivity index (χ1v) is 9.94. The lowest BCUT2D eigenvalue weighted by Gasteiger charge is -2.10. The summed E-state index contributed by atoms with van der Waals surface area (Å²) < 4.78 is 68.0. The van der Waals surface area contributed by atoms with Crippen molar-refractivity contribution in [2.24, 2.45) is 0 Å². The number of nitrogens with zero attached hydrogens (tertiary/aromatic N) is 4. The van der Waals surface area contributed by atoms with E-state index in [1.54, 1.807) is 0 Å². The smallest absolute Gasteiger partial charge is 0.350 e. The summed E-state index contributed by atoms with van der Waals surface area (Å²) >= 11 is 0. The molecule has 0 radical (unpaired) electrons. The number of halogens is 5. The predicted molar refractivity (Wildman–Crippen MR) is 111 cm³/mol. The Bertz CT molecular complexity index is 1430. The molecule has 1 N–H and O–H groups in total. The minimum Gasteiger partial charge on any atom is -0.350 e. The molecule has 2 aromatic heterocycles. The molecule has 4 aromatic rings. The molecule has 7 nitrogen and oxygen atoms in total. The number of carbonyl (C=O) groups excluding carboxylic acids is 1. The van der Waals surface area contributed by atoms with Crippen molar-refractivity contribution >= 4 is 16.9 Å². The van der Waals surface area contributed by atoms with Gasteiger partial charge in [0.2, 0.25) is 0 Å². The summed E-state index contributed by atoms with van der Waals surface area (Å²) in [4.78, 5) is 29.0. The van der Waals surface area contributed by atoms with Gasteiger partial charge in [-0.25, -0.2) is 18.4 Å². The molecule has 1 amide bonds. The molecule has 2 aromatic carbocycles. The molecule has 0 saturated heterocycles. The topological polar surface area (TPSA) is 81.8 Å². The maximum absolute atomic E-state index is 13.7. The van der Waals surface area contributed by atoms with E-state index in [0.29, 0.717) is 6.07 Å². The third-order valence-corrected chi connectivity index (χ3v) is 5.01. The first-order valence-electron chi connectivity index (χ1n) is 9.94. The van der Waals surface area contributed by atoms with Gasteiger partial charge in [0, 0.05) is 12.6 Å². The Morgan fingerprint density at radius 3 is 2.62 bits per heavy atom. The molecule has 0 unspecified atom stereocenters. The summed E-state index contributed by atoms with van der Waals surface area (Å²) in [6.45, 7) is -0.000269. The summed E-state index contributed by atoms with van der Waals surface area (Å²) in [6, 6.07) is 7.24. The lowest BCUT2D eigenvalue weighted by atomic mass is 10.1. The lowest BCUT2D eigenvalue weighted by molar-refractivity contribution is -0.137. The monoisotopic (exact) mass is 477 g/mol. The summed E-state index contributed by atoms with van der Waals surface area (Å²) in [7, 11) is 0. The number of alkyl halides is 3. The van der Waals surface area contributed by atoms with Crippen molar-refractivity contribution in [3.63, 3.8) is 0 Å². The van der Waals surface area contributed by atoms with Crippen LogP contribution >= 0.6 is 0 Å². The van der Waals surface area contributed by atoms with Gasteiger partial charge in [0.25, 0.3) is 11.5 Å². The first-order chi connectivity index (χ1) is 16.1.